The number of nitrogens with one attached hydrogen (secondary N) is 1. The number of anilines is 1. The maximum atomic E-state index is 12.2. The van der Waals surface area contributed by atoms with Crippen LogP contribution in [0.25, 0.3) is 0 Å². The minimum absolute atomic E-state index is 0.00391. The molecule has 100 valence electrons. The summed E-state index contributed by atoms with van der Waals surface area (Å²) in [6.07, 6.45) is 0. The van der Waals surface area contributed by atoms with Gasteiger partial charge in [-0.1, -0.05) is 0 Å². The molecule has 5 heteroatoms. The van der Waals surface area contributed by atoms with Crippen molar-refractivity contribution in [2.24, 2.45) is 5.84 Å². The monoisotopic (exact) mass is 251 g/mol. The van der Waals surface area contributed by atoms with Gasteiger partial charge in [0.2, 0.25) is 0 Å². The standard InChI is InChI=1S/C13H21N3O2/c1-4-18-8-7-16(3)13(17)12-6-5-11(15-14)9-10(12)2/h5-6,9,15H,4,7-8,14H2,1-3H3. The molecule has 0 radical (unpaired) electrons. The Morgan fingerprint density at radius 2 is 2.22 bits per heavy atom. The molecular formula is C13H21N3O2. The van der Waals surface area contributed by atoms with Crippen LogP contribution in [-0.4, -0.2) is 37.6 Å². The molecule has 5 nitrogen and oxygen atoms in total. The van der Waals surface area contributed by atoms with Crippen LogP contribution in [0.1, 0.15) is 22.8 Å². The maximum Gasteiger partial charge on any atom is 0.253 e. The molecule has 0 bridgehead atoms. The molecule has 0 fully saturated rings. The molecule has 0 unspecified atom stereocenters. The Balaban J connectivity index is 2.71. The van der Waals surface area contributed by atoms with Gasteiger partial charge >= 0.3 is 0 Å². The number of amides is 1. The van der Waals surface area contributed by atoms with E-state index in [2.05, 4.69) is 5.43 Å². The summed E-state index contributed by atoms with van der Waals surface area (Å²) in [6.45, 7) is 5.64. The first-order valence-electron chi connectivity index (χ1n) is 6.00. The Bertz CT molecular complexity index is 407. The molecular weight excluding hydrogens is 230 g/mol. The van der Waals surface area contributed by atoms with Gasteiger partial charge in [0.25, 0.3) is 5.91 Å². The number of carbonyl (C=O) groups is 1. The third kappa shape index (κ3) is 3.72. The van der Waals surface area contributed by atoms with Crippen LogP contribution < -0.4 is 11.3 Å². The lowest BCUT2D eigenvalue weighted by molar-refractivity contribution is 0.0709. The quantitative estimate of drug-likeness (QED) is 0.455. The van der Waals surface area contributed by atoms with Crippen molar-refractivity contribution in [1.82, 2.24) is 4.90 Å². The first-order chi connectivity index (χ1) is 8.60. The number of hydrazine groups is 1. The molecule has 0 atom stereocenters. The number of nitrogens with two attached hydrogens (primary N) is 1. The average molecular weight is 251 g/mol. The molecule has 0 heterocycles. The predicted molar refractivity (Wildman–Crippen MR) is 72.4 cm³/mol. The highest BCUT2D eigenvalue weighted by Crippen LogP contribution is 2.15. The van der Waals surface area contributed by atoms with Gasteiger partial charge < -0.3 is 15.1 Å². The molecule has 1 rings (SSSR count). The van der Waals surface area contributed by atoms with Crippen LogP contribution in [0.5, 0.6) is 0 Å². The van der Waals surface area contributed by atoms with Gasteiger partial charge in [-0.05, 0) is 37.6 Å². The van der Waals surface area contributed by atoms with Gasteiger partial charge in [-0.15, -0.1) is 0 Å². The molecule has 0 aliphatic rings. The second-order valence-corrected chi connectivity index (χ2v) is 4.10. The highest BCUT2D eigenvalue weighted by atomic mass is 16.5. The van der Waals surface area contributed by atoms with E-state index < -0.39 is 0 Å². The normalized spacial score (nSPS) is 10.2. The Morgan fingerprint density at radius 3 is 2.78 bits per heavy atom. The number of benzene rings is 1. The second kappa shape index (κ2) is 6.98. The Morgan fingerprint density at radius 1 is 1.50 bits per heavy atom. The summed E-state index contributed by atoms with van der Waals surface area (Å²) < 4.78 is 5.24. The molecule has 0 aromatic heterocycles. The zero-order valence-corrected chi connectivity index (χ0v) is 11.2. The lowest BCUT2D eigenvalue weighted by atomic mass is 10.1. The summed E-state index contributed by atoms with van der Waals surface area (Å²) in [5.74, 6) is 5.32. The first kappa shape index (κ1) is 14.5. The molecule has 3 N–H and O–H groups in total. The largest absolute Gasteiger partial charge is 0.380 e. The van der Waals surface area contributed by atoms with Crippen LogP contribution >= 0.6 is 0 Å². The number of likely N-dealkylation sites (N-methyl/N-ethyl adjacent to an activating group) is 1. The van der Waals surface area contributed by atoms with E-state index in [0.717, 1.165) is 11.3 Å². The van der Waals surface area contributed by atoms with Gasteiger partial charge in [-0.25, -0.2) is 0 Å². The third-order valence-electron chi connectivity index (χ3n) is 2.75. The number of ether oxygens (including phenoxy) is 1. The lowest BCUT2D eigenvalue weighted by Crippen LogP contribution is -2.30. The van der Waals surface area contributed by atoms with Crippen molar-refractivity contribution in [3.05, 3.63) is 29.3 Å². The first-order valence-corrected chi connectivity index (χ1v) is 6.00. The lowest BCUT2D eigenvalue weighted by Gasteiger charge is -2.18. The van der Waals surface area contributed by atoms with Crippen molar-refractivity contribution >= 4 is 11.6 Å². The number of carbonyl (C=O) groups excluding carboxylic acids is 1. The molecule has 0 spiro atoms. The van der Waals surface area contributed by atoms with E-state index >= 15 is 0 Å². The number of hydrogen-bond acceptors (Lipinski definition) is 4. The minimum Gasteiger partial charge on any atom is -0.380 e. The summed E-state index contributed by atoms with van der Waals surface area (Å²) in [4.78, 5) is 13.8. The van der Waals surface area contributed by atoms with Crippen molar-refractivity contribution in [2.75, 3.05) is 32.2 Å². The number of nitrogen functional groups attached to an aromatic ring is 1. The number of nitrogens with zero attached hydrogens (tertiary/aromatic N) is 1. The average Bonchev–Trinajstić information content (AvgIpc) is 2.38. The van der Waals surface area contributed by atoms with Crippen LogP contribution in [0.15, 0.2) is 18.2 Å². The van der Waals surface area contributed by atoms with Crippen molar-refractivity contribution in [1.29, 1.82) is 0 Å². The maximum absolute atomic E-state index is 12.2. The van der Waals surface area contributed by atoms with E-state index in [0.29, 0.717) is 25.3 Å². The zero-order valence-electron chi connectivity index (χ0n) is 11.2. The second-order valence-electron chi connectivity index (χ2n) is 4.10. The fraction of sp³-hybridized carbons (Fsp3) is 0.462. The van der Waals surface area contributed by atoms with Gasteiger partial charge in [0, 0.05) is 31.5 Å². The Kier molecular flexibility index (Phi) is 5.61. The third-order valence-corrected chi connectivity index (χ3v) is 2.75. The van der Waals surface area contributed by atoms with E-state index in [9.17, 15) is 4.79 Å². The number of aryl methyl sites for hydroxylation is 1. The summed E-state index contributed by atoms with van der Waals surface area (Å²) in [7, 11) is 1.77. The van der Waals surface area contributed by atoms with E-state index in [1.54, 1.807) is 24.1 Å². The zero-order chi connectivity index (χ0) is 13.5. The highest BCUT2D eigenvalue weighted by molar-refractivity contribution is 5.95. The molecule has 0 aliphatic carbocycles. The summed E-state index contributed by atoms with van der Waals surface area (Å²) >= 11 is 0. The molecule has 0 saturated heterocycles. The van der Waals surface area contributed by atoms with Gasteiger partial charge in [0.15, 0.2) is 0 Å². The molecule has 18 heavy (non-hydrogen) atoms. The van der Waals surface area contributed by atoms with Gasteiger partial charge in [-0.2, -0.15) is 0 Å². The SMILES string of the molecule is CCOCCN(C)C(=O)c1ccc(NN)cc1C. The van der Waals surface area contributed by atoms with E-state index in [1.807, 2.05) is 19.9 Å². The van der Waals surface area contributed by atoms with E-state index in [4.69, 9.17) is 10.6 Å². The Labute approximate surface area is 108 Å². The molecule has 1 amide bonds. The Hall–Kier alpha value is -1.59. The van der Waals surface area contributed by atoms with Crippen molar-refractivity contribution < 1.29 is 9.53 Å². The van der Waals surface area contributed by atoms with Crippen LogP contribution in [0.3, 0.4) is 0 Å². The smallest absolute Gasteiger partial charge is 0.253 e. The van der Waals surface area contributed by atoms with Crippen LogP contribution in [-0.2, 0) is 4.74 Å². The summed E-state index contributed by atoms with van der Waals surface area (Å²) in [6, 6.07) is 5.42. The van der Waals surface area contributed by atoms with E-state index in [-0.39, 0.29) is 5.91 Å². The number of rotatable bonds is 6. The fourth-order valence-electron chi connectivity index (χ4n) is 1.65. The predicted octanol–water partition coefficient (Wildman–Crippen LogP) is 1.39. The molecule has 0 aliphatic heterocycles. The van der Waals surface area contributed by atoms with Crippen molar-refractivity contribution in [3.8, 4) is 0 Å². The molecule has 0 saturated carbocycles. The van der Waals surface area contributed by atoms with Gasteiger partial charge in [0.1, 0.15) is 0 Å². The fourth-order valence-corrected chi connectivity index (χ4v) is 1.65. The van der Waals surface area contributed by atoms with Crippen molar-refractivity contribution in [3.63, 3.8) is 0 Å². The van der Waals surface area contributed by atoms with Crippen molar-refractivity contribution in [2.45, 2.75) is 13.8 Å². The molecule has 1 aromatic carbocycles. The van der Waals surface area contributed by atoms with Gasteiger partial charge in [0.05, 0.1) is 6.61 Å². The topological polar surface area (TPSA) is 67.6 Å². The van der Waals surface area contributed by atoms with Crippen LogP contribution in [0, 0.1) is 6.92 Å². The minimum atomic E-state index is -0.00391. The summed E-state index contributed by atoms with van der Waals surface area (Å²) in [5, 5.41) is 0. The molecule has 1 aromatic rings. The van der Waals surface area contributed by atoms with E-state index in [1.165, 1.54) is 0 Å². The highest BCUT2D eigenvalue weighted by Gasteiger charge is 2.13. The van der Waals surface area contributed by atoms with Crippen LogP contribution in [0.4, 0.5) is 5.69 Å². The van der Waals surface area contributed by atoms with Gasteiger partial charge in [-0.3, -0.25) is 10.6 Å². The summed E-state index contributed by atoms with van der Waals surface area (Å²) in [5.41, 5.74) is 4.94. The number of hydrogen-bond donors (Lipinski definition) is 2. The van der Waals surface area contributed by atoms with Crippen LogP contribution in [0.2, 0.25) is 0 Å².